The van der Waals surface area contributed by atoms with Crippen LogP contribution in [0.25, 0.3) is 0 Å². The number of amides is 2. The topological polar surface area (TPSA) is 70.2 Å². The summed E-state index contributed by atoms with van der Waals surface area (Å²) in [6.07, 6.45) is 2.11. The molecule has 5 nitrogen and oxygen atoms in total. The summed E-state index contributed by atoms with van der Waals surface area (Å²) in [5.74, 6) is 0.0144. The number of imide groups is 1. The maximum Gasteiger partial charge on any atom is 0.234 e. The van der Waals surface area contributed by atoms with Crippen LogP contribution in [0.15, 0.2) is 24.3 Å². The molecule has 2 amide bonds. The predicted molar refractivity (Wildman–Crippen MR) is 85.6 cm³/mol. The highest BCUT2D eigenvalue weighted by atomic mass is 16.2. The zero-order valence-electron chi connectivity index (χ0n) is 12.9. The standard InChI is InChI=1S/C17H23N3O2/c1-11-10-18-8-7-15(11)19-13-4-2-3-12(9-13)14-5-6-16(21)20-17(14)22/h2-4,9,11,14-15,18-19H,5-8,10H2,1H3,(H,20,21,22)/t11-,14?,15-/m1/s1. The molecule has 0 bridgehead atoms. The number of carbonyl (C=O) groups excluding carboxylic acids is 2. The van der Waals surface area contributed by atoms with Gasteiger partial charge in [0.2, 0.25) is 11.8 Å². The molecule has 22 heavy (non-hydrogen) atoms. The van der Waals surface area contributed by atoms with E-state index in [2.05, 4.69) is 28.9 Å². The molecule has 2 heterocycles. The van der Waals surface area contributed by atoms with Gasteiger partial charge in [-0.2, -0.15) is 0 Å². The number of nitrogens with one attached hydrogen (secondary N) is 3. The van der Waals surface area contributed by atoms with E-state index >= 15 is 0 Å². The van der Waals surface area contributed by atoms with E-state index in [9.17, 15) is 9.59 Å². The molecule has 3 rings (SSSR count). The molecule has 0 saturated carbocycles. The number of piperidine rings is 2. The summed E-state index contributed by atoms with van der Waals surface area (Å²) in [6.45, 7) is 4.31. The second kappa shape index (κ2) is 6.48. The zero-order chi connectivity index (χ0) is 15.5. The number of carbonyl (C=O) groups is 2. The van der Waals surface area contributed by atoms with Crippen molar-refractivity contribution in [2.75, 3.05) is 18.4 Å². The molecular weight excluding hydrogens is 278 g/mol. The normalized spacial score (nSPS) is 29.0. The second-order valence-corrected chi connectivity index (χ2v) is 6.35. The smallest absolute Gasteiger partial charge is 0.234 e. The Morgan fingerprint density at radius 1 is 1.23 bits per heavy atom. The fourth-order valence-electron chi connectivity index (χ4n) is 3.30. The summed E-state index contributed by atoms with van der Waals surface area (Å²) < 4.78 is 0. The first-order valence-corrected chi connectivity index (χ1v) is 8.04. The predicted octanol–water partition coefficient (Wildman–Crippen LogP) is 1.62. The van der Waals surface area contributed by atoms with Gasteiger partial charge in [-0.3, -0.25) is 14.9 Å². The lowest BCUT2D eigenvalue weighted by atomic mass is 9.90. The van der Waals surface area contributed by atoms with Gasteiger partial charge in [-0.05, 0) is 49.5 Å². The van der Waals surface area contributed by atoms with Gasteiger partial charge in [-0.15, -0.1) is 0 Å². The SMILES string of the molecule is C[C@@H]1CNCC[C@H]1Nc1cccc(C2CCC(=O)NC2=O)c1. The van der Waals surface area contributed by atoms with Crippen molar-refractivity contribution in [3.05, 3.63) is 29.8 Å². The van der Waals surface area contributed by atoms with Crippen molar-refractivity contribution in [1.29, 1.82) is 0 Å². The highest BCUT2D eigenvalue weighted by Gasteiger charge is 2.28. The summed E-state index contributed by atoms with van der Waals surface area (Å²) in [4.78, 5) is 23.3. The fraction of sp³-hybridized carbons (Fsp3) is 0.529. The summed E-state index contributed by atoms with van der Waals surface area (Å²) >= 11 is 0. The van der Waals surface area contributed by atoms with Gasteiger partial charge in [0.25, 0.3) is 0 Å². The van der Waals surface area contributed by atoms with Gasteiger partial charge in [0.05, 0.1) is 5.92 Å². The van der Waals surface area contributed by atoms with Crippen LogP contribution in [0.5, 0.6) is 0 Å². The minimum Gasteiger partial charge on any atom is -0.382 e. The lowest BCUT2D eigenvalue weighted by Crippen LogP contribution is -2.42. The van der Waals surface area contributed by atoms with Crippen molar-refractivity contribution < 1.29 is 9.59 Å². The monoisotopic (exact) mass is 301 g/mol. The molecule has 3 N–H and O–H groups in total. The molecular formula is C17H23N3O2. The Balaban J connectivity index is 1.72. The Morgan fingerprint density at radius 3 is 2.86 bits per heavy atom. The number of hydrogen-bond donors (Lipinski definition) is 3. The van der Waals surface area contributed by atoms with Gasteiger partial charge in [0.1, 0.15) is 0 Å². The van der Waals surface area contributed by atoms with E-state index in [4.69, 9.17) is 0 Å². The molecule has 2 fully saturated rings. The van der Waals surface area contributed by atoms with Crippen molar-refractivity contribution >= 4 is 17.5 Å². The van der Waals surface area contributed by atoms with E-state index in [0.29, 0.717) is 24.8 Å². The van der Waals surface area contributed by atoms with Gasteiger partial charge in [-0.25, -0.2) is 0 Å². The lowest BCUT2D eigenvalue weighted by Gasteiger charge is -2.31. The van der Waals surface area contributed by atoms with Crippen molar-refractivity contribution in [2.45, 2.75) is 38.1 Å². The summed E-state index contributed by atoms with van der Waals surface area (Å²) in [7, 11) is 0. The molecule has 3 atom stereocenters. The van der Waals surface area contributed by atoms with Gasteiger partial charge >= 0.3 is 0 Å². The first-order valence-electron chi connectivity index (χ1n) is 8.04. The maximum atomic E-state index is 12.0. The Morgan fingerprint density at radius 2 is 2.09 bits per heavy atom. The minimum atomic E-state index is -0.218. The van der Waals surface area contributed by atoms with Gasteiger partial charge in [0, 0.05) is 18.2 Å². The van der Waals surface area contributed by atoms with Crippen LogP contribution in [0.4, 0.5) is 5.69 Å². The third kappa shape index (κ3) is 3.30. The first-order chi connectivity index (χ1) is 10.6. The number of rotatable bonds is 3. The van der Waals surface area contributed by atoms with Crippen LogP contribution in [0.1, 0.15) is 37.7 Å². The average Bonchev–Trinajstić information content (AvgIpc) is 2.50. The van der Waals surface area contributed by atoms with Crippen LogP contribution in [0.2, 0.25) is 0 Å². The van der Waals surface area contributed by atoms with E-state index in [1.165, 1.54) is 0 Å². The summed E-state index contributed by atoms with van der Waals surface area (Å²) in [5.41, 5.74) is 2.04. The van der Waals surface area contributed by atoms with Crippen LogP contribution < -0.4 is 16.0 Å². The fourth-order valence-corrected chi connectivity index (χ4v) is 3.30. The quantitative estimate of drug-likeness (QED) is 0.742. The minimum absolute atomic E-state index is 0.168. The van der Waals surface area contributed by atoms with E-state index in [0.717, 1.165) is 30.8 Å². The van der Waals surface area contributed by atoms with E-state index in [1.807, 2.05) is 18.2 Å². The molecule has 0 aromatic heterocycles. The molecule has 2 aliphatic heterocycles. The van der Waals surface area contributed by atoms with Gasteiger partial charge < -0.3 is 10.6 Å². The first kappa shape index (κ1) is 15.0. The second-order valence-electron chi connectivity index (χ2n) is 6.35. The van der Waals surface area contributed by atoms with E-state index in [-0.39, 0.29) is 17.7 Å². The average molecular weight is 301 g/mol. The molecule has 0 aliphatic carbocycles. The van der Waals surface area contributed by atoms with Crippen LogP contribution in [-0.2, 0) is 9.59 Å². The molecule has 1 unspecified atom stereocenters. The van der Waals surface area contributed by atoms with Crippen molar-refractivity contribution in [3.63, 3.8) is 0 Å². The molecule has 2 aliphatic rings. The molecule has 118 valence electrons. The largest absolute Gasteiger partial charge is 0.382 e. The number of hydrogen-bond acceptors (Lipinski definition) is 4. The molecule has 2 saturated heterocycles. The summed E-state index contributed by atoms with van der Waals surface area (Å²) in [6, 6.07) is 8.50. The molecule has 5 heteroatoms. The van der Waals surface area contributed by atoms with Crippen LogP contribution in [0, 0.1) is 5.92 Å². The maximum absolute atomic E-state index is 12.0. The Kier molecular flexibility index (Phi) is 4.43. The van der Waals surface area contributed by atoms with Crippen molar-refractivity contribution in [3.8, 4) is 0 Å². The Bertz CT molecular complexity index is 573. The number of anilines is 1. The molecule has 1 aromatic rings. The molecule has 0 spiro atoms. The highest BCUT2D eigenvalue weighted by molar-refractivity contribution is 6.01. The van der Waals surface area contributed by atoms with Gasteiger partial charge in [-0.1, -0.05) is 19.1 Å². The summed E-state index contributed by atoms with van der Waals surface area (Å²) in [5, 5.41) is 9.42. The van der Waals surface area contributed by atoms with Gasteiger partial charge in [0.15, 0.2) is 0 Å². The molecule has 1 aromatic carbocycles. The van der Waals surface area contributed by atoms with E-state index in [1.54, 1.807) is 0 Å². The lowest BCUT2D eigenvalue weighted by molar-refractivity contribution is -0.134. The zero-order valence-corrected chi connectivity index (χ0v) is 12.9. The third-order valence-electron chi connectivity index (χ3n) is 4.67. The number of benzene rings is 1. The van der Waals surface area contributed by atoms with Crippen molar-refractivity contribution in [2.24, 2.45) is 5.92 Å². The highest BCUT2D eigenvalue weighted by Crippen LogP contribution is 2.27. The van der Waals surface area contributed by atoms with Crippen LogP contribution >= 0.6 is 0 Å². The van der Waals surface area contributed by atoms with Crippen LogP contribution in [-0.4, -0.2) is 30.9 Å². The Labute approximate surface area is 130 Å². The Hall–Kier alpha value is -1.88. The molecule has 0 radical (unpaired) electrons. The van der Waals surface area contributed by atoms with Crippen LogP contribution in [0.3, 0.4) is 0 Å². The van der Waals surface area contributed by atoms with E-state index < -0.39 is 0 Å². The third-order valence-corrected chi connectivity index (χ3v) is 4.67. The van der Waals surface area contributed by atoms with Crippen molar-refractivity contribution in [1.82, 2.24) is 10.6 Å².